The number of non-ortho nitro benzene ring substituents is 1. The second-order valence-electron chi connectivity index (χ2n) is 5.51. The molecular weight excluding hydrogens is 324 g/mol. The molecule has 0 aliphatic rings. The van der Waals surface area contributed by atoms with Gasteiger partial charge in [-0.1, -0.05) is 20.3 Å². The van der Waals surface area contributed by atoms with Crippen molar-refractivity contribution in [1.82, 2.24) is 4.98 Å². The van der Waals surface area contributed by atoms with E-state index in [2.05, 4.69) is 4.98 Å². The molecule has 134 valence electrons. The van der Waals surface area contributed by atoms with E-state index in [1.165, 1.54) is 12.1 Å². The van der Waals surface area contributed by atoms with Gasteiger partial charge >= 0.3 is 0 Å². The summed E-state index contributed by atoms with van der Waals surface area (Å²) < 4.78 is 11.6. The molecule has 1 N–H and O–H groups in total. The largest absolute Gasteiger partial charge is 0.485 e. The first-order valence-corrected chi connectivity index (χ1v) is 8.32. The molecule has 1 aromatic heterocycles. The number of benzene rings is 1. The molecule has 7 heteroatoms. The van der Waals surface area contributed by atoms with Gasteiger partial charge in [0.2, 0.25) is 5.75 Å². The number of nitro groups is 1. The van der Waals surface area contributed by atoms with Crippen LogP contribution in [0.15, 0.2) is 34.8 Å². The fourth-order valence-electron chi connectivity index (χ4n) is 2.37. The van der Waals surface area contributed by atoms with E-state index in [1.807, 2.05) is 26.8 Å². The number of aromatic amines is 1. The monoisotopic (exact) mass is 346 g/mol. The van der Waals surface area contributed by atoms with E-state index in [4.69, 9.17) is 9.47 Å². The van der Waals surface area contributed by atoms with E-state index in [1.54, 1.807) is 6.07 Å². The molecule has 0 aliphatic heterocycles. The average molecular weight is 346 g/mol. The van der Waals surface area contributed by atoms with Crippen LogP contribution in [-0.4, -0.2) is 16.5 Å². The minimum atomic E-state index is -0.507. The quantitative estimate of drug-likeness (QED) is 0.333. The van der Waals surface area contributed by atoms with Crippen molar-refractivity contribution in [3.8, 4) is 11.5 Å². The standard InChI is InChI=1S/C18H22N2O5/c1-4-7-10-24-17-16(25-13(5-2)6-3)14-9-8-12(20(22)23)11-15(14)19-18(17)21/h5,8-9,11H,4,6-7,10H2,1-3H3,(H,19,21). The molecule has 0 unspecified atom stereocenters. The smallest absolute Gasteiger partial charge is 0.294 e. The average Bonchev–Trinajstić information content (AvgIpc) is 2.60. The fraction of sp³-hybridized carbons (Fsp3) is 0.389. The van der Waals surface area contributed by atoms with Gasteiger partial charge in [0.15, 0.2) is 5.75 Å². The predicted octanol–water partition coefficient (Wildman–Crippen LogP) is 4.31. The van der Waals surface area contributed by atoms with Gasteiger partial charge in [0, 0.05) is 23.9 Å². The van der Waals surface area contributed by atoms with Crippen LogP contribution in [0.4, 0.5) is 5.69 Å². The summed E-state index contributed by atoms with van der Waals surface area (Å²) in [6.45, 7) is 6.20. The second-order valence-corrected chi connectivity index (χ2v) is 5.51. The maximum atomic E-state index is 12.4. The van der Waals surface area contributed by atoms with Crippen molar-refractivity contribution in [1.29, 1.82) is 0 Å². The van der Waals surface area contributed by atoms with Crippen molar-refractivity contribution in [3.63, 3.8) is 0 Å². The molecule has 1 aromatic carbocycles. The molecule has 0 saturated carbocycles. The number of unbranched alkanes of at least 4 members (excludes halogenated alkanes) is 1. The summed E-state index contributed by atoms with van der Waals surface area (Å²) in [5.74, 6) is 1.08. The summed E-state index contributed by atoms with van der Waals surface area (Å²) in [5, 5.41) is 11.5. The normalized spacial score (nSPS) is 11.6. The zero-order valence-electron chi connectivity index (χ0n) is 14.6. The number of hydrogen-bond donors (Lipinski definition) is 1. The van der Waals surface area contributed by atoms with E-state index in [9.17, 15) is 14.9 Å². The summed E-state index contributed by atoms with van der Waals surface area (Å²) in [6, 6.07) is 4.26. The molecule has 0 aliphatic carbocycles. The maximum absolute atomic E-state index is 12.4. The van der Waals surface area contributed by atoms with Crippen molar-refractivity contribution >= 4 is 16.6 Å². The topological polar surface area (TPSA) is 94.5 Å². The van der Waals surface area contributed by atoms with E-state index < -0.39 is 10.5 Å². The van der Waals surface area contributed by atoms with Gasteiger partial charge in [-0.25, -0.2) is 0 Å². The molecule has 0 saturated heterocycles. The third-order valence-electron chi connectivity index (χ3n) is 3.77. The number of H-pyrrole nitrogens is 1. The Morgan fingerprint density at radius 3 is 2.68 bits per heavy atom. The van der Waals surface area contributed by atoms with Gasteiger partial charge in [-0.2, -0.15) is 0 Å². The molecule has 25 heavy (non-hydrogen) atoms. The molecule has 0 fully saturated rings. The molecule has 7 nitrogen and oxygen atoms in total. The second kappa shape index (κ2) is 8.32. The fourth-order valence-corrected chi connectivity index (χ4v) is 2.37. The van der Waals surface area contributed by atoms with Gasteiger partial charge in [-0.3, -0.25) is 14.9 Å². The van der Waals surface area contributed by atoms with Crippen LogP contribution in [0.2, 0.25) is 0 Å². The molecule has 0 radical (unpaired) electrons. The number of nitrogens with zero attached hydrogens (tertiary/aromatic N) is 1. The Hall–Kier alpha value is -2.83. The molecule has 0 atom stereocenters. The van der Waals surface area contributed by atoms with Gasteiger partial charge in [0.25, 0.3) is 11.2 Å². The number of pyridine rings is 1. The lowest BCUT2D eigenvalue weighted by atomic mass is 10.1. The number of ether oxygens (including phenoxy) is 2. The van der Waals surface area contributed by atoms with Crippen LogP contribution < -0.4 is 15.0 Å². The zero-order chi connectivity index (χ0) is 18.4. The number of aromatic nitrogens is 1. The van der Waals surface area contributed by atoms with E-state index in [-0.39, 0.29) is 11.4 Å². The minimum Gasteiger partial charge on any atom is -0.485 e. The lowest BCUT2D eigenvalue weighted by Gasteiger charge is -2.15. The molecule has 0 amide bonds. The summed E-state index contributed by atoms with van der Waals surface area (Å²) in [5.41, 5.74) is -0.232. The Labute approximate surface area is 145 Å². The third kappa shape index (κ3) is 4.17. The molecular formula is C18H22N2O5. The van der Waals surface area contributed by atoms with Crippen LogP contribution in [-0.2, 0) is 0 Å². The summed E-state index contributed by atoms with van der Waals surface area (Å²) in [4.78, 5) is 25.6. The number of hydrogen-bond acceptors (Lipinski definition) is 5. The maximum Gasteiger partial charge on any atom is 0.294 e. The van der Waals surface area contributed by atoms with Gasteiger partial charge in [0.1, 0.15) is 0 Å². The Morgan fingerprint density at radius 2 is 2.08 bits per heavy atom. The summed E-state index contributed by atoms with van der Waals surface area (Å²) in [7, 11) is 0. The van der Waals surface area contributed by atoms with Gasteiger partial charge in [0.05, 0.1) is 22.8 Å². The Kier molecular flexibility index (Phi) is 6.16. The molecule has 1 heterocycles. The number of nitro benzene ring substituents is 1. The zero-order valence-corrected chi connectivity index (χ0v) is 14.6. The SMILES string of the molecule is CC=C(CC)Oc1c(OCCCC)c(=O)[nH]c2cc([N+](=O)[O-])ccc12. The molecule has 2 rings (SSSR count). The van der Waals surface area contributed by atoms with Crippen molar-refractivity contribution in [2.24, 2.45) is 0 Å². The van der Waals surface area contributed by atoms with Crippen molar-refractivity contribution in [2.45, 2.75) is 40.0 Å². The molecule has 0 bridgehead atoms. The summed E-state index contributed by atoms with van der Waals surface area (Å²) in [6.07, 6.45) is 4.20. The van der Waals surface area contributed by atoms with Crippen molar-refractivity contribution < 1.29 is 14.4 Å². The van der Waals surface area contributed by atoms with E-state index >= 15 is 0 Å². The van der Waals surface area contributed by atoms with Gasteiger partial charge < -0.3 is 14.5 Å². The van der Waals surface area contributed by atoms with Crippen LogP contribution in [0, 0.1) is 10.1 Å². The number of fused-ring (bicyclic) bond motifs is 1. The molecule has 0 spiro atoms. The van der Waals surface area contributed by atoms with Crippen LogP contribution in [0.25, 0.3) is 10.9 Å². The van der Waals surface area contributed by atoms with Crippen LogP contribution in [0.5, 0.6) is 11.5 Å². The highest BCUT2D eigenvalue weighted by Crippen LogP contribution is 2.35. The van der Waals surface area contributed by atoms with Crippen LogP contribution >= 0.6 is 0 Å². The first-order chi connectivity index (χ1) is 12.0. The number of nitrogens with one attached hydrogen (secondary N) is 1. The highest BCUT2D eigenvalue weighted by molar-refractivity contribution is 5.89. The van der Waals surface area contributed by atoms with Crippen molar-refractivity contribution in [3.05, 3.63) is 50.5 Å². The van der Waals surface area contributed by atoms with E-state index in [0.717, 1.165) is 12.8 Å². The highest BCUT2D eigenvalue weighted by Gasteiger charge is 2.19. The lowest BCUT2D eigenvalue weighted by Crippen LogP contribution is -2.14. The van der Waals surface area contributed by atoms with Crippen LogP contribution in [0.3, 0.4) is 0 Å². The van der Waals surface area contributed by atoms with E-state index in [0.29, 0.717) is 35.4 Å². The van der Waals surface area contributed by atoms with Gasteiger partial charge in [-0.15, -0.1) is 0 Å². The van der Waals surface area contributed by atoms with Gasteiger partial charge in [-0.05, 0) is 25.5 Å². The minimum absolute atomic E-state index is 0.0996. The third-order valence-corrected chi connectivity index (χ3v) is 3.77. The lowest BCUT2D eigenvalue weighted by molar-refractivity contribution is -0.384. The van der Waals surface area contributed by atoms with Crippen LogP contribution in [0.1, 0.15) is 40.0 Å². The Morgan fingerprint density at radius 1 is 1.32 bits per heavy atom. The van der Waals surface area contributed by atoms with Crippen molar-refractivity contribution in [2.75, 3.05) is 6.61 Å². The highest BCUT2D eigenvalue weighted by atomic mass is 16.6. The first-order valence-electron chi connectivity index (χ1n) is 8.32. The Balaban J connectivity index is 2.63. The number of rotatable bonds is 8. The Bertz CT molecular complexity index is 854. The molecule has 2 aromatic rings. The first kappa shape index (κ1) is 18.5. The number of allylic oxidation sites excluding steroid dienone is 2. The predicted molar refractivity (Wildman–Crippen MR) is 96.3 cm³/mol. The summed E-state index contributed by atoms with van der Waals surface area (Å²) >= 11 is 0.